The highest BCUT2D eigenvalue weighted by molar-refractivity contribution is 5.99. The number of carbonyl (C=O) groups is 1. The Labute approximate surface area is 130 Å². The summed E-state index contributed by atoms with van der Waals surface area (Å²) in [5.41, 5.74) is 9.81. The molecule has 2 aromatic rings. The van der Waals surface area contributed by atoms with Crippen LogP contribution in [0.15, 0.2) is 42.5 Å². The largest absolute Gasteiger partial charge is 0.479 e. The number of hydrogen-bond donors (Lipinski definition) is 1. The molecule has 1 unspecified atom stereocenters. The van der Waals surface area contributed by atoms with Crippen LogP contribution in [0, 0.1) is 6.92 Å². The Morgan fingerprint density at radius 3 is 2.73 bits per heavy atom. The van der Waals surface area contributed by atoms with Crippen LogP contribution in [-0.4, -0.2) is 12.0 Å². The van der Waals surface area contributed by atoms with Crippen molar-refractivity contribution >= 4 is 11.6 Å². The van der Waals surface area contributed by atoms with Gasteiger partial charge in [-0.15, -0.1) is 0 Å². The van der Waals surface area contributed by atoms with Gasteiger partial charge in [0.15, 0.2) is 6.10 Å². The zero-order chi connectivity index (χ0) is 15.7. The summed E-state index contributed by atoms with van der Waals surface area (Å²) in [7, 11) is 0. The van der Waals surface area contributed by atoms with Crippen molar-refractivity contribution in [3.63, 3.8) is 0 Å². The van der Waals surface area contributed by atoms with E-state index < -0.39 is 6.10 Å². The first-order valence-corrected chi connectivity index (χ1v) is 7.45. The van der Waals surface area contributed by atoms with Gasteiger partial charge in [0.05, 0.1) is 12.2 Å². The van der Waals surface area contributed by atoms with Gasteiger partial charge in [-0.05, 0) is 42.7 Å². The summed E-state index contributed by atoms with van der Waals surface area (Å²) in [5.74, 6) is 0.711. The highest BCUT2D eigenvalue weighted by atomic mass is 16.5. The minimum Gasteiger partial charge on any atom is -0.479 e. The second-order valence-electron chi connectivity index (χ2n) is 5.62. The molecule has 114 valence electrons. The maximum absolute atomic E-state index is 12.6. The van der Waals surface area contributed by atoms with E-state index in [0.717, 1.165) is 22.6 Å². The Morgan fingerprint density at radius 1 is 1.23 bits per heavy atom. The zero-order valence-electron chi connectivity index (χ0n) is 12.9. The van der Waals surface area contributed by atoms with E-state index in [-0.39, 0.29) is 5.91 Å². The van der Waals surface area contributed by atoms with Gasteiger partial charge in [0.1, 0.15) is 5.75 Å². The summed E-state index contributed by atoms with van der Waals surface area (Å²) < 4.78 is 5.71. The molecular formula is C18H20N2O2. The van der Waals surface area contributed by atoms with Gasteiger partial charge < -0.3 is 15.4 Å². The van der Waals surface area contributed by atoms with Crippen LogP contribution in [0.5, 0.6) is 5.75 Å². The van der Waals surface area contributed by atoms with E-state index in [9.17, 15) is 4.79 Å². The lowest BCUT2D eigenvalue weighted by Crippen LogP contribution is -2.44. The van der Waals surface area contributed by atoms with Gasteiger partial charge in [-0.2, -0.15) is 0 Å². The predicted molar refractivity (Wildman–Crippen MR) is 86.8 cm³/mol. The molecule has 2 aromatic carbocycles. The number of ether oxygens (including phenoxy) is 1. The first-order valence-electron chi connectivity index (χ1n) is 7.45. The predicted octanol–water partition coefficient (Wildman–Crippen LogP) is 2.77. The number of hydrogen-bond acceptors (Lipinski definition) is 3. The number of amides is 1. The van der Waals surface area contributed by atoms with Crippen LogP contribution < -0.4 is 15.4 Å². The number of fused-ring (bicyclic) bond motifs is 1. The van der Waals surface area contributed by atoms with E-state index in [0.29, 0.717) is 13.1 Å². The summed E-state index contributed by atoms with van der Waals surface area (Å²) in [6, 6.07) is 13.9. The number of benzene rings is 2. The summed E-state index contributed by atoms with van der Waals surface area (Å²) in [6.07, 6.45) is -0.472. The van der Waals surface area contributed by atoms with E-state index in [1.807, 2.05) is 30.3 Å². The summed E-state index contributed by atoms with van der Waals surface area (Å²) in [4.78, 5) is 14.4. The van der Waals surface area contributed by atoms with Crippen LogP contribution in [0.25, 0.3) is 0 Å². The summed E-state index contributed by atoms with van der Waals surface area (Å²) >= 11 is 0. The zero-order valence-corrected chi connectivity index (χ0v) is 12.9. The lowest BCUT2D eigenvalue weighted by atomic mass is 10.1. The molecule has 0 radical (unpaired) electrons. The Balaban J connectivity index is 2.02. The Morgan fingerprint density at radius 2 is 2.00 bits per heavy atom. The maximum Gasteiger partial charge on any atom is 0.268 e. The fourth-order valence-corrected chi connectivity index (χ4v) is 2.70. The van der Waals surface area contributed by atoms with Gasteiger partial charge in [-0.25, -0.2) is 0 Å². The van der Waals surface area contributed by atoms with E-state index in [1.165, 1.54) is 5.56 Å². The van der Waals surface area contributed by atoms with Gasteiger partial charge in [0.25, 0.3) is 5.91 Å². The molecule has 0 fully saturated rings. The van der Waals surface area contributed by atoms with Crippen LogP contribution in [0.3, 0.4) is 0 Å². The fourth-order valence-electron chi connectivity index (χ4n) is 2.70. The Kier molecular flexibility index (Phi) is 3.86. The molecule has 0 aromatic heterocycles. The molecule has 1 amide bonds. The van der Waals surface area contributed by atoms with E-state index in [1.54, 1.807) is 11.8 Å². The topological polar surface area (TPSA) is 55.6 Å². The normalized spacial score (nSPS) is 17.1. The van der Waals surface area contributed by atoms with Crippen molar-refractivity contribution in [1.82, 2.24) is 0 Å². The van der Waals surface area contributed by atoms with Crippen molar-refractivity contribution in [2.24, 2.45) is 5.73 Å². The molecule has 4 heteroatoms. The molecule has 4 nitrogen and oxygen atoms in total. The van der Waals surface area contributed by atoms with Gasteiger partial charge in [-0.1, -0.05) is 30.3 Å². The molecule has 0 saturated carbocycles. The number of rotatable bonds is 3. The monoisotopic (exact) mass is 296 g/mol. The van der Waals surface area contributed by atoms with Crippen molar-refractivity contribution in [2.75, 3.05) is 4.90 Å². The van der Waals surface area contributed by atoms with E-state index in [4.69, 9.17) is 10.5 Å². The molecule has 1 heterocycles. The number of nitrogens with two attached hydrogens (primary N) is 1. The quantitative estimate of drug-likeness (QED) is 0.947. The molecule has 1 aliphatic heterocycles. The van der Waals surface area contributed by atoms with Gasteiger partial charge >= 0.3 is 0 Å². The minimum absolute atomic E-state index is 0.0232. The van der Waals surface area contributed by atoms with Crippen LogP contribution >= 0.6 is 0 Å². The lowest BCUT2D eigenvalue weighted by Gasteiger charge is -2.33. The third-order valence-electron chi connectivity index (χ3n) is 4.06. The molecule has 2 N–H and O–H groups in total. The minimum atomic E-state index is -0.472. The van der Waals surface area contributed by atoms with Gasteiger partial charge in [-0.3, -0.25) is 4.79 Å². The second kappa shape index (κ2) is 5.81. The van der Waals surface area contributed by atoms with Crippen LogP contribution in [-0.2, 0) is 17.9 Å². The first-order chi connectivity index (χ1) is 10.6. The van der Waals surface area contributed by atoms with Crippen LogP contribution in [0.1, 0.15) is 23.6 Å². The molecule has 0 saturated heterocycles. The molecule has 1 aliphatic rings. The number of anilines is 1. The second-order valence-corrected chi connectivity index (χ2v) is 5.62. The third-order valence-corrected chi connectivity index (χ3v) is 4.06. The molecular weight excluding hydrogens is 276 g/mol. The van der Waals surface area contributed by atoms with Crippen molar-refractivity contribution in [1.29, 1.82) is 0 Å². The van der Waals surface area contributed by atoms with Crippen molar-refractivity contribution < 1.29 is 9.53 Å². The van der Waals surface area contributed by atoms with Crippen molar-refractivity contribution in [3.05, 3.63) is 59.2 Å². The summed E-state index contributed by atoms with van der Waals surface area (Å²) in [5, 5.41) is 0. The Hall–Kier alpha value is -2.33. The maximum atomic E-state index is 12.6. The Bertz CT molecular complexity index is 712. The van der Waals surface area contributed by atoms with E-state index in [2.05, 4.69) is 19.1 Å². The molecule has 0 bridgehead atoms. The number of nitrogens with zero attached hydrogens (tertiary/aromatic N) is 1. The molecule has 0 aliphatic carbocycles. The lowest BCUT2D eigenvalue weighted by molar-refractivity contribution is -0.125. The molecule has 3 rings (SSSR count). The molecule has 22 heavy (non-hydrogen) atoms. The molecule has 0 spiro atoms. The fraction of sp³-hybridized carbons (Fsp3) is 0.278. The number of carbonyl (C=O) groups excluding carboxylic acids is 1. The molecule has 1 atom stereocenters. The standard InChI is InChI=1S/C18H20N2O2/c1-12-5-3-4-6-15(12)11-20-16-9-14(10-19)7-8-17(16)22-13(2)18(20)21/h3-9,13H,10-11,19H2,1-2H3. The average molecular weight is 296 g/mol. The smallest absolute Gasteiger partial charge is 0.268 e. The number of aryl methyl sites for hydroxylation is 1. The van der Waals surface area contributed by atoms with Gasteiger partial charge in [0, 0.05) is 6.54 Å². The average Bonchev–Trinajstić information content (AvgIpc) is 2.53. The third kappa shape index (κ3) is 2.57. The van der Waals surface area contributed by atoms with Crippen LogP contribution in [0.4, 0.5) is 5.69 Å². The highest BCUT2D eigenvalue weighted by Gasteiger charge is 2.31. The summed E-state index contributed by atoms with van der Waals surface area (Å²) in [6.45, 7) is 4.82. The van der Waals surface area contributed by atoms with Gasteiger partial charge in [0.2, 0.25) is 0 Å². The first kappa shape index (κ1) is 14.6. The van der Waals surface area contributed by atoms with Crippen molar-refractivity contribution in [3.8, 4) is 5.75 Å². The van der Waals surface area contributed by atoms with E-state index >= 15 is 0 Å². The van der Waals surface area contributed by atoms with Crippen molar-refractivity contribution in [2.45, 2.75) is 33.0 Å². The van der Waals surface area contributed by atoms with Crippen LogP contribution in [0.2, 0.25) is 0 Å². The highest BCUT2D eigenvalue weighted by Crippen LogP contribution is 2.36. The SMILES string of the molecule is Cc1ccccc1CN1C(=O)C(C)Oc2ccc(CN)cc21.